The number of allylic oxidation sites excluding steroid dienone is 4. The van der Waals surface area contributed by atoms with Gasteiger partial charge in [0.05, 0.1) is 5.92 Å². The van der Waals surface area contributed by atoms with Gasteiger partial charge in [-0.25, -0.2) is 0 Å². The Morgan fingerprint density at radius 3 is 2.62 bits per heavy atom. The normalized spacial score (nSPS) is 32.9. The summed E-state index contributed by atoms with van der Waals surface area (Å²) in [4.78, 5) is 30.2. The molecule has 2 fully saturated rings. The van der Waals surface area contributed by atoms with E-state index in [1.807, 2.05) is 6.92 Å². The van der Waals surface area contributed by atoms with Gasteiger partial charge >= 0.3 is 0 Å². The van der Waals surface area contributed by atoms with Crippen molar-refractivity contribution in [3.63, 3.8) is 0 Å². The Kier molecular flexibility index (Phi) is 4.75. The van der Waals surface area contributed by atoms with E-state index in [1.54, 1.807) is 6.21 Å². The molecule has 1 unspecified atom stereocenters. The minimum absolute atomic E-state index is 0.126. The summed E-state index contributed by atoms with van der Waals surface area (Å²) in [5.74, 6) is 0.372. The number of nitrogens with zero attached hydrogens (tertiary/aromatic N) is 1. The van der Waals surface area contributed by atoms with Gasteiger partial charge < -0.3 is 4.84 Å². The summed E-state index contributed by atoms with van der Waals surface area (Å²) in [6.07, 6.45) is 8.25. The van der Waals surface area contributed by atoms with Crippen LogP contribution in [-0.2, 0) is 14.4 Å². The average molecular weight is 329 g/mol. The number of Topliss-reactive ketones (excluding diaryl/α,β-unsaturated/α-hetero) is 2. The fraction of sp³-hybridized carbons (Fsp3) is 0.650. The van der Waals surface area contributed by atoms with E-state index in [-0.39, 0.29) is 17.0 Å². The minimum atomic E-state index is -0.440. The first-order valence-corrected chi connectivity index (χ1v) is 9.04. The average Bonchev–Trinajstić information content (AvgIpc) is 2.47. The van der Waals surface area contributed by atoms with Gasteiger partial charge in [0.25, 0.3) is 0 Å². The number of rotatable bonds is 5. The third-order valence-corrected chi connectivity index (χ3v) is 5.74. The lowest BCUT2D eigenvalue weighted by molar-refractivity contribution is -0.142. The first-order valence-electron chi connectivity index (χ1n) is 9.04. The molecule has 3 aliphatic carbocycles. The monoisotopic (exact) mass is 329 g/mol. The molecule has 0 aliphatic heterocycles. The molecule has 24 heavy (non-hydrogen) atoms. The SMILES string of the molecule is CCON=CCCC1C(=O)CC2(CC1=O)CC1CC(C)=CC(C)=C12. The van der Waals surface area contributed by atoms with Crippen LogP contribution in [0.5, 0.6) is 0 Å². The Labute approximate surface area is 144 Å². The molecular weight excluding hydrogens is 302 g/mol. The molecule has 4 nitrogen and oxygen atoms in total. The van der Waals surface area contributed by atoms with E-state index in [0.29, 0.717) is 38.2 Å². The summed E-state index contributed by atoms with van der Waals surface area (Å²) in [5.41, 5.74) is 3.94. The van der Waals surface area contributed by atoms with Crippen molar-refractivity contribution < 1.29 is 14.4 Å². The third-order valence-electron chi connectivity index (χ3n) is 5.74. The minimum Gasteiger partial charge on any atom is -0.396 e. The van der Waals surface area contributed by atoms with Crippen molar-refractivity contribution in [3.8, 4) is 0 Å². The van der Waals surface area contributed by atoms with E-state index in [2.05, 4.69) is 25.1 Å². The maximum Gasteiger partial charge on any atom is 0.144 e. The second kappa shape index (κ2) is 6.66. The first-order chi connectivity index (χ1) is 11.5. The Hall–Kier alpha value is -1.71. The van der Waals surface area contributed by atoms with Crippen molar-refractivity contribution in [3.05, 3.63) is 22.8 Å². The molecule has 0 saturated heterocycles. The van der Waals surface area contributed by atoms with Crippen LogP contribution in [0.3, 0.4) is 0 Å². The maximum absolute atomic E-state index is 12.6. The maximum atomic E-state index is 12.6. The van der Waals surface area contributed by atoms with Crippen molar-refractivity contribution in [2.24, 2.45) is 22.4 Å². The standard InChI is InChI=1S/C20H27NO3/c1-4-24-21-7-5-6-16-17(22)11-20(12-18(16)23)10-15-9-13(2)8-14(3)19(15)20/h7-8,15-16H,4-6,9-12H2,1-3H3. The molecule has 0 radical (unpaired) electrons. The molecule has 1 spiro atoms. The van der Waals surface area contributed by atoms with Crippen molar-refractivity contribution >= 4 is 17.8 Å². The van der Waals surface area contributed by atoms with E-state index in [1.165, 1.54) is 16.7 Å². The molecule has 4 heteroatoms. The summed E-state index contributed by atoms with van der Waals surface area (Å²) in [5, 5.41) is 3.79. The van der Waals surface area contributed by atoms with E-state index in [0.717, 1.165) is 12.8 Å². The van der Waals surface area contributed by atoms with Gasteiger partial charge in [0, 0.05) is 24.5 Å². The summed E-state index contributed by atoms with van der Waals surface area (Å²) in [6.45, 7) is 6.71. The van der Waals surface area contributed by atoms with Gasteiger partial charge in [-0.15, -0.1) is 0 Å². The quantitative estimate of drug-likeness (QED) is 0.435. The molecule has 0 amide bonds. The molecule has 130 valence electrons. The van der Waals surface area contributed by atoms with Gasteiger partial charge in [-0.1, -0.05) is 28.0 Å². The fourth-order valence-electron chi connectivity index (χ4n) is 5.03. The van der Waals surface area contributed by atoms with E-state index >= 15 is 0 Å². The topological polar surface area (TPSA) is 55.7 Å². The lowest BCUT2D eigenvalue weighted by atomic mass is 9.48. The van der Waals surface area contributed by atoms with Gasteiger partial charge in [0.15, 0.2) is 0 Å². The summed E-state index contributed by atoms with van der Waals surface area (Å²) >= 11 is 0. The molecule has 0 aromatic carbocycles. The molecule has 0 heterocycles. The predicted molar refractivity (Wildman–Crippen MR) is 93.7 cm³/mol. The largest absolute Gasteiger partial charge is 0.396 e. The highest BCUT2D eigenvalue weighted by atomic mass is 16.6. The van der Waals surface area contributed by atoms with Crippen LogP contribution in [0.4, 0.5) is 0 Å². The molecule has 0 aromatic rings. The van der Waals surface area contributed by atoms with Crippen LogP contribution >= 0.6 is 0 Å². The van der Waals surface area contributed by atoms with Crippen LogP contribution in [0.1, 0.15) is 59.3 Å². The highest BCUT2D eigenvalue weighted by Crippen LogP contribution is 2.62. The van der Waals surface area contributed by atoms with Gasteiger partial charge in [-0.2, -0.15) is 0 Å². The molecule has 0 aromatic heterocycles. The molecular formula is C20H27NO3. The van der Waals surface area contributed by atoms with Crippen LogP contribution in [0, 0.1) is 17.3 Å². The van der Waals surface area contributed by atoms with Crippen LogP contribution in [0.2, 0.25) is 0 Å². The molecule has 0 bridgehead atoms. The zero-order valence-corrected chi connectivity index (χ0v) is 14.9. The summed E-state index contributed by atoms with van der Waals surface area (Å²) in [6, 6.07) is 0. The van der Waals surface area contributed by atoms with Crippen molar-refractivity contribution in [2.75, 3.05) is 6.61 Å². The number of fused-ring (bicyclic) bond motifs is 2. The summed E-state index contributed by atoms with van der Waals surface area (Å²) in [7, 11) is 0. The number of ketones is 2. The van der Waals surface area contributed by atoms with Crippen molar-refractivity contribution in [1.82, 2.24) is 0 Å². The molecule has 3 aliphatic rings. The van der Waals surface area contributed by atoms with E-state index in [9.17, 15) is 9.59 Å². The Morgan fingerprint density at radius 2 is 2.00 bits per heavy atom. The zero-order valence-electron chi connectivity index (χ0n) is 14.9. The van der Waals surface area contributed by atoms with Gasteiger partial charge in [-0.3, -0.25) is 9.59 Å². The number of carbonyl (C=O) groups excluding carboxylic acids is 2. The van der Waals surface area contributed by atoms with Crippen molar-refractivity contribution in [2.45, 2.75) is 59.3 Å². The lowest BCUT2D eigenvalue weighted by Gasteiger charge is -2.55. The molecule has 1 atom stereocenters. The number of carbonyl (C=O) groups is 2. The van der Waals surface area contributed by atoms with Crippen LogP contribution < -0.4 is 0 Å². The Balaban J connectivity index is 1.67. The Bertz CT molecular complexity index is 623. The number of hydrogen-bond acceptors (Lipinski definition) is 4. The fourth-order valence-corrected chi connectivity index (χ4v) is 5.03. The van der Waals surface area contributed by atoms with Crippen molar-refractivity contribution in [1.29, 1.82) is 0 Å². The first kappa shape index (κ1) is 17.1. The second-order valence-electron chi connectivity index (χ2n) is 7.59. The van der Waals surface area contributed by atoms with Crippen LogP contribution in [0.25, 0.3) is 0 Å². The Morgan fingerprint density at radius 1 is 1.29 bits per heavy atom. The van der Waals surface area contributed by atoms with Crippen LogP contribution in [0.15, 0.2) is 28.0 Å². The molecule has 0 N–H and O–H groups in total. The lowest BCUT2D eigenvalue weighted by Crippen LogP contribution is -2.50. The number of oxime groups is 1. The summed E-state index contributed by atoms with van der Waals surface area (Å²) < 4.78 is 0. The van der Waals surface area contributed by atoms with Crippen LogP contribution in [-0.4, -0.2) is 24.4 Å². The third kappa shape index (κ3) is 2.99. The zero-order chi connectivity index (χ0) is 17.3. The highest BCUT2D eigenvalue weighted by Gasteiger charge is 2.56. The van der Waals surface area contributed by atoms with Gasteiger partial charge in [-0.05, 0) is 52.4 Å². The molecule has 2 saturated carbocycles. The van der Waals surface area contributed by atoms with E-state index in [4.69, 9.17) is 4.84 Å². The van der Waals surface area contributed by atoms with Gasteiger partial charge in [0.1, 0.15) is 18.2 Å². The van der Waals surface area contributed by atoms with Gasteiger partial charge in [0.2, 0.25) is 0 Å². The highest BCUT2D eigenvalue weighted by molar-refractivity contribution is 6.06. The van der Waals surface area contributed by atoms with E-state index < -0.39 is 5.92 Å². The second-order valence-corrected chi connectivity index (χ2v) is 7.59. The molecule has 3 rings (SSSR count). The predicted octanol–water partition coefficient (Wildman–Crippen LogP) is 4.01. The smallest absolute Gasteiger partial charge is 0.144 e. The number of hydrogen-bond donors (Lipinski definition) is 0.